The van der Waals surface area contributed by atoms with Crippen molar-refractivity contribution in [3.63, 3.8) is 0 Å². The molecule has 0 aromatic heterocycles. The van der Waals surface area contributed by atoms with Gasteiger partial charge in [-0.25, -0.2) is 0 Å². The monoisotopic (exact) mass is 160 g/mol. The van der Waals surface area contributed by atoms with Crippen molar-refractivity contribution in [3.8, 4) is 0 Å². The summed E-state index contributed by atoms with van der Waals surface area (Å²) < 4.78 is 0. The Morgan fingerprint density at radius 1 is 1.09 bits per heavy atom. The first kappa shape index (κ1) is 13.9. The molecule has 0 radical (unpaired) electrons. The molecular formula is C9H17LiSi. The van der Waals surface area contributed by atoms with Gasteiger partial charge in [-0.1, -0.05) is 43.9 Å². The van der Waals surface area contributed by atoms with Crippen LogP contribution in [0.1, 0.15) is 6.42 Å². The summed E-state index contributed by atoms with van der Waals surface area (Å²) in [7, 11) is -0.861. The van der Waals surface area contributed by atoms with Crippen molar-refractivity contribution in [1.29, 1.82) is 0 Å². The first-order valence-corrected chi connectivity index (χ1v) is 7.38. The predicted molar refractivity (Wildman–Crippen MR) is 51.6 cm³/mol. The molecule has 0 heterocycles. The zero-order chi connectivity index (χ0) is 8.04. The molecule has 1 aliphatic carbocycles. The molecule has 0 aliphatic heterocycles. The van der Waals surface area contributed by atoms with Crippen LogP contribution in [-0.4, -0.2) is 8.07 Å². The zero-order valence-electron chi connectivity index (χ0n) is 8.22. The first-order valence-electron chi connectivity index (χ1n) is 3.67. The Morgan fingerprint density at radius 2 is 1.36 bits per heavy atom. The minimum Gasteiger partial charge on any atom is -0.342 e. The molecule has 0 saturated carbocycles. The average Bonchev–Trinajstić information content (AvgIpc) is 2.07. The number of hydrogen-bond donors (Lipinski definition) is 0. The van der Waals surface area contributed by atoms with Gasteiger partial charge in [0.1, 0.15) is 0 Å². The summed E-state index contributed by atoms with van der Waals surface area (Å²) in [4.78, 5) is 0. The van der Waals surface area contributed by atoms with Crippen LogP contribution in [0, 0.1) is 6.55 Å². The van der Waals surface area contributed by atoms with Gasteiger partial charge >= 0.3 is 18.9 Å². The van der Waals surface area contributed by atoms with Gasteiger partial charge in [0, 0.05) is 0 Å². The summed E-state index contributed by atoms with van der Waals surface area (Å²) in [5.74, 6) is 0. The van der Waals surface area contributed by atoms with E-state index >= 15 is 0 Å². The van der Waals surface area contributed by atoms with Crippen molar-refractivity contribution in [3.05, 3.63) is 30.9 Å². The van der Waals surface area contributed by atoms with Crippen LogP contribution < -0.4 is 18.9 Å². The van der Waals surface area contributed by atoms with Gasteiger partial charge in [-0.3, -0.25) is 0 Å². The maximum atomic E-state index is 3.91. The molecule has 0 amide bonds. The Morgan fingerprint density at radius 3 is 1.45 bits per heavy atom. The van der Waals surface area contributed by atoms with Crippen LogP contribution in [0.5, 0.6) is 0 Å². The summed E-state index contributed by atoms with van der Waals surface area (Å²) in [5.41, 5.74) is 0. The molecule has 1 aliphatic rings. The van der Waals surface area contributed by atoms with E-state index in [1.165, 1.54) is 0 Å². The SMILES string of the molecule is C1=CCC=C1.[CH2-][Si](C)(C)C.[Li+]. The van der Waals surface area contributed by atoms with Crippen LogP contribution in [0.15, 0.2) is 24.3 Å². The van der Waals surface area contributed by atoms with Gasteiger partial charge in [0.05, 0.1) is 0 Å². The third-order valence-corrected chi connectivity index (χ3v) is 0.655. The van der Waals surface area contributed by atoms with E-state index in [1.807, 2.05) is 0 Å². The second-order valence-corrected chi connectivity index (χ2v) is 8.77. The summed E-state index contributed by atoms with van der Waals surface area (Å²) in [6.45, 7) is 10.6. The molecule has 0 spiro atoms. The molecule has 0 N–H and O–H groups in total. The van der Waals surface area contributed by atoms with Gasteiger partial charge in [0.25, 0.3) is 0 Å². The van der Waals surface area contributed by atoms with Crippen molar-refractivity contribution in [2.45, 2.75) is 26.1 Å². The minimum absolute atomic E-state index is 0. The van der Waals surface area contributed by atoms with E-state index in [0.29, 0.717) is 0 Å². The van der Waals surface area contributed by atoms with Crippen LogP contribution in [-0.2, 0) is 0 Å². The first-order chi connectivity index (χ1) is 4.50. The Bertz CT molecular complexity index is 115. The normalized spacial score (nSPS) is 13.5. The van der Waals surface area contributed by atoms with Gasteiger partial charge in [-0.05, 0) is 6.42 Å². The summed E-state index contributed by atoms with van der Waals surface area (Å²) in [6, 6.07) is 0. The molecule has 0 aromatic rings. The molecule has 2 heteroatoms. The molecule has 0 saturated heterocycles. The molecule has 1 rings (SSSR count). The van der Waals surface area contributed by atoms with Gasteiger partial charge in [0.2, 0.25) is 0 Å². The van der Waals surface area contributed by atoms with Gasteiger partial charge < -0.3 is 6.55 Å². The van der Waals surface area contributed by atoms with Crippen molar-refractivity contribution in [1.82, 2.24) is 0 Å². The molecule has 11 heavy (non-hydrogen) atoms. The average molecular weight is 160 g/mol. The van der Waals surface area contributed by atoms with E-state index in [9.17, 15) is 0 Å². The third-order valence-electron chi connectivity index (χ3n) is 0.655. The fourth-order valence-electron chi connectivity index (χ4n) is 0.393. The Kier molecular flexibility index (Phi) is 8.78. The summed E-state index contributed by atoms with van der Waals surface area (Å²) in [6.07, 6.45) is 9.50. The standard InChI is InChI=1S/C5H6.C4H11Si.Li/c1-2-4-5-3-1;1-5(2,3)4;/h1-4H,5H2;1H2,2-4H3;/q;-1;+1. The predicted octanol–water partition coefficient (Wildman–Crippen LogP) is 0.204. The van der Waals surface area contributed by atoms with Crippen molar-refractivity contribution in [2.24, 2.45) is 0 Å². The van der Waals surface area contributed by atoms with E-state index in [0.717, 1.165) is 6.42 Å². The van der Waals surface area contributed by atoms with Crippen LogP contribution in [0.3, 0.4) is 0 Å². The fraction of sp³-hybridized carbons (Fsp3) is 0.444. The molecule has 0 nitrogen and oxygen atoms in total. The summed E-state index contributed by atoms with van der Waals surface area (Å²) >= 11 is 0. The molecule has 0 fully saturated rings. The smallest absolute Gasteiger partial charge is 0.342 e. The van der Waals surface area contributed by atoms with Gasteiger partial charge in [-0.15, -0.1) is 8.07 Å². The van der Waals surface area contributed by atoms with Crippen molar-refractivity contribution >= 4 is 8.07 Å². The minimum atomic E-state index is -0.861. The Hall–Kier alpha value is 0.294. The maximum Gasteiger partial charge on any atom is 1.00 e. The third kappa shape index (κ3) is 25.3. The van der Waals surface area contributed by atoms with E-state index < -0.39 is 8.07 Å². The number of rotatable bonds is 0. The van der Waals surface area contributed by atoms with E-state index in [4.69, 9.17) is 0 Å². The number of hydrogen-bond acceptors (Lipinski definition) is 0. The second-order valence-electron chi connectivity index (χ2n) is 3.65. The van der Waals surface area contributed by atoms with E-state index in [1.54, 1.807) is 0 Å². The second kappa shape index (κ2) is 6.97. The van der Waals surface area contributed by atoms with Crippen molar-refractivity contribution < 1.29 is 18.9 Å². The summed E-state index contributed by atoms with van der Waals surface area (Å²) in [5, 5.41) is 0. The van der Waals surface area contributed by atoms with Crippen LogP contribution >= 0.6 is 0 Å². The van der Waals surface area contributed by atoms with Crippen LogP contribution in [0.4, 0.5) is 0 Å². The molecule has 0 unspecified atom stereocenters. The molecule has 0 atom stereocenters. The topological polar surface area (TPSA) is 0 Å². The van der Waals surface area contributed by atoms with Crippen molar-refractivity contribution in [2.75, 3.05) is 0 Å². The Labute approximate surface area is 84.0 Å². The van der Waals surface area contributed by atoms with E-state index in [2.05, 4.69) is 50.5 Å². The van der Waals surface area contributed by atoms with E-state index in [-0.39, 0.29) is 18.9 Å². The zero-order valence-corrected chi connectivity index (χ0v) is 9.22. The quantitative estimate of drug-likeness (QED) is 0.351. The fourth-order valence-corrected chi connectivity index (χ4v) is 0.393. The largest absolute Gasteiger partial charge is 1.00 e. The van der Waals surface area contributed by atoms with Gasteiger partial charge in [0.15, 0.2) is 0 Å². The molecule has 0 bridgehead atoms. The molecule has 0 aromatic carbocycles. The van der Waals surface area contributed by atoms with Crippen LogP contribution in [0.25, 0.3) is 0 Å². The molecular weight excluding hydrogens is 143 g/mol. The number of allylic oxidation sites excluding steroid dienone is 4. The van der Waals surface area contributed by atoms with Gasteiger partial charge in [-0.2, -0.15) is 0 Å². The van der Waals surface area contributed by atoms with Crippen LogP contribution in [0.2, 0.25) is 19.6 Å². The maximum absolute atomic E-state index is 3.91. The Balaban J connectivity index is 0. The molecule has 58 valence electrons.